The van der Waals surface area contributed by atoms with E-state index in [1.165, 1.54) is 5.39 Å². The van der Waals surface area contributed by atoms with Crippen molar-refractivity contribution in [2.75, 3.05) is 0 Å². The summed E-state index contributed by atoms with van der Waals surface area (Å²) in [5, 5.41) is 10.3. The van der Waals surface area contributed by atoms with Crippen LogP contribution in [0, 0.1) is 0 Å². The van der Waals surface area contributed by atoms with E-state index in [4.69, 9.17) is 4.74 Å². The molecule has 29 heavy (non-hydrogen) atoms. The number of rotatable bonds is 6. The molecule has 0 bridgehead atoms. The number of nitrogens with zero attached hydrogens (tertiary/aromatic N) is 3. The van der Waals surface area contributed by atoms with Gasteiger partial charge in [0.05, 0.1) is 11.9 Å². The van der Waals surface area contributed by atoms with Gasteiger partial charge >= 0.3 is 0 Å². The van der Waals surface area contributed by atoms with Gasteiger partial charge in [-0.2, -0.15) is 10.2 Å². The first kappa shape index (κ1) is 18.4. The molecule has 6 heteroatoms. The van der Waals surface area contributed by atoms with Crippen molar-refractivity contribution in [3.8, 4) is 5.75 Å². The summed E-state index contributed by atoms with van der Waals surface area (Å²) >= 11 is 0. The van der Waals surface area contributed by atoms with Crippen LogP contribution in [-0.4, -0.2) is 21.9 Å². The number of carbonyl (C=O) groups is 1. The topological polar surface area (TPSA) is 68.5 Å². The minimum absolute atomic E-state index is 0.273. The number of benzene rings is 3. The summed E-state index contributed by atoms with van der Waals surface area (Å²) in [5.41, 5.74) is 4.82. The quantitative estimate of drug-likeness (QED) is 0.405. The third kappa shape index (κ3) is 4.50. The van der Waals surface area contributed by atoms with Crippen LogP contribution in [0.3, 0.4) is 0 Å². The SMILES string of the molecule is Cn1nccc1C=NNC(=O)c1ccc(COc2ccc3ccccc3c2)cc1. The molecule has 4 rings (SSSR count). The van der Waals surface area contributed by atoms with E-state index in [0.29, 0.717) is 12.2 Å². The van der Waals surface area contributed by atoms with Crippen molar-refractivity contribution in [1.82, 2.24) is 15.2 Å². The maximum Gasteiger partial charge on any atom is 0.271 e. The molecule has 0 spiro atoms. The molecule has 0 saturated carbocycles. The van der Waals surface area contributed by atoms with E-state index >= 15 is 0 Å². The van der Waals surface area contributed by atoms with Crippen molar-refractivity contribution in [1.29, 1.82) is 0 Å². The van der Waals surface area contributed by atoms with Crippen LogP contribution in [0.2, 0.25) is 0 Å². The second kappa shape index (κ2) is 8.39. The molecule has 0 aliphatic rings. The van der Waals surface area contributed by atoms with Gasteiger partial charge in [-0.25, -0.2) is 5.43 Å². The standard InChI is InChI=1S/C23H20N4O2/c1-27-21(12-13-25-27)15-24-26-23(28)19-8-6-17(7-9-19)16-29-22-11-10-18-4-2-3-5-20(18)14-22/h2-15H,16H2,1H3,(H,26,28). The van der Waals surface area contributed by atoms with Gasteiger partial charge in [0.1, 0.15) is 12.4 Å². The number of nitrogens with one attached hydrogen (secondary N) is 1. The lowest BCUT2D eigenvalue weighted by molar-refractivity contribution is 0.0955. The zero-order chi connectivity index (χ0) is 20.1. The van der Waals surface area contributed by atoms with Gasteiger partial charge in [-0.1, -0.05) is 42.5 Å². The molecular weight excluding hydrogens is 364 g/mol. The second-order valence-electron chi connectivity index (χ2n) is 6.57. The molecule has 1 heterocycles. The highest BCUT2D eigenvalue weighted by molar-refractivity contribution is 5.94. The van der Waals surface area contributed by atoms with E-state index in [1.807, 2.05) is 49.5 Å². The van der Waals surface area contributed by atoms with E-state index in [1.54, 1.807) is 35.3 Å². The van der Waals surface area contributed by atoms with Crippen LogP contribution < -0.4 is 10.2 Å². The molecule has 0 aliphatic heterocycles. The average molecular weight is 384 g/mol. The van der Waals surface area contributed by atoms with Gasteiger partial charge in [-0.05, 0) is 46.7 Å². The Morgan fingerprint density at radius 2 is 1.86 bits per heavy atom. The average Bonchev–Trinajstić information content (AvgIpc) is 3.17. The summed E-state index contributed by atoms with van der Waals surface area (Å²) in [6, 6.07) is 23.3. The number of carbonyl (C=O) groups excluding carboxylic acids is 1. The van der Waals surface area contributed by atoms with Crippen molar-refractivity contribution in [3.05, 3.63) is 95.8 Å². The van der Waals surface area contributed by atoms with Crippen molar-refractivity contribution in [2.24, 2.45) is 12.1 Å². The van der Waals surface area contributed by atoms with Crippen molar-refractivity contribution in [3.63, 3.8) is 0 Å². The maximum absolute atomic E-state index is 12.2. The van der Waals surface area contributed by atoms with Gasteiger partial charge in [0, 0.05) is 18.8 Å². The monoisotopic (exact) mass is 384 g/mol. The summed E-state index contributed by atoms with van der Waals surface area (Å²) in [6.07, 6.45) is 3.22. The molecule has 144 valence electrons. The minimum Gasteiger partial charge on any atom is -0.489 e. The van der Waals surface area contributed by atoms with E-state index in [0.717, 1.165) is 22.4 Å². The molecule has 1 amide bonds. The number of aromatic nitrogens is 2. The Morgan fingerprint density at radius 1 is 1.07 bits per heavy atom. The zero-order valence-electron chi connectivity index (χ0n) is 15.9. The molecule has 0 atom stereocenters. The van der Waals surface area contributed by atoms with Gasteiger partial charge in [0.15, 0.2) is 0 Å². The molecule has 0 unspecified atom stereocenters. The fourth-order valence-electron chi connectivity index (χ4n) is 2.91. The Bertz CT molecular complexity index is 1160. The number of hydrogen-bond acceptors (Lipinski definition) is 4. The van der Waals surface area contributed by atoms with Crippen LogP contribution >= 0.6 is 0 Å². The van der Waals surface area contributed by atoms with E-state index in [-0.39, 0.29) is 5.91 Å². The zero-order valence-corrected chi connectivity index (χ0v) is 15.9. The molecular formula is C23H20N4O2. The summed E-state index contributed by atoms with van der Waals surface area (Å²) in [5.74, 6) is 0.542. The molecule has 6 nitrogen and oxygen atoms in total. The minimum atomic E-state index is -0.273. The van der Waals surface area contributed by atoms with Crippen LogP contribution in [0.25, 0.3) is 10.8 Å². The van der Waals surface area contributed by atoms with Crippen LogP contribution in [0.4, 0.5) is 0 Å². The third-order valence-electron chi connectivity index (χ3n) is 4.56. The summed E-state index contributed by atoms with van der Waals surface area (Å²) in [6.45, 7) is 0.429. The van der Waals surface area contributed by atoms with Crippen molar-refractivity contribution in [2.45, 2.75) is 6.61 Å². The van der Waals surface area contributed by atoms with Gasteiger partial charge in [-0.3, -0.25) is 9.48 Å². The van der Waals surface area contributed by atoms with Gasteiger partial charge < -0.3 is 4.74 Å². The third-order valence-corrected chi connectivity index (χ3v) is 4.56. The fraction of sp³-hybridized carbons (Fsp3) is 0.0870. The summed E-state index contributed by atoms with van der Waals surface area (Å²) in [4.78, 5) is 12.2. The second-order valence-corrected chi connectivity index (χ2v) is 6.57. The Balaban J connectivity index is 1.34. The molecule has 1 aromatic heterocycles. The lowest BCUT2D eigenvalue weighted by Gasteiger charge is -2.08. The van der Waals surface area contributed by atoms with Crippen LogP contribution in [0.15, 0.2) is 84.1 Å². The lowest BCUT2D eigenvalue weighted by Crippen LogP contribution is -2.17. The number of amides is 1. The largest absolute Gasteiger partial charge is 0.489 e. The first-order chi connectivity index (χ1) is 14.2. The normalized spacial score (nSPS) is 11.1. The highest BCUT2D eigenvalue weighted by Gasteiger charge is 2.05. The summed E-state index contributed by atoms with van der Waals surface area (Å²) in [7, 11) is 1.81. The molecule has 1 N–H and O–H groups in total. The summed E-state index contributed by atoms with van der Waals surface area (Å²) < 4.78 is 7.55. The Morgan fingerprint density at radius 3 is 2.62 bits per heavy atom. The Hall–Kier alpha value is -3.93. The molecule has 4 aromatic rings. The first-order valence-corrected chi connectivity index (χ1v) is 9.21. The van der Waals surface area contributed by atoms with Crippen LogP contribution in [0.5, 0.6) is 5.75 Å². The molecule has 3 aromatic carbocycles. The van der Waals surface area contributed by atoms with Gasteiger partial charge in [-0.15, -0.1) is 0 Å². The fourth-order valence-corrected chi connectivity index (χ4v) is 2.91. The highest BCUT2D eigenvalue weighted by Crippen LogP contribution is 2.21. The van der Waals surface area contributed by atoms with E-state index < -0.39 is 0 Å². The number of fused-ring (bicyclic) bond motifs is 1. The highest BCUT2D eigenvalue weighted by atomic mass is 16.5. The number of hydrazone groups is 1. The molecule has 0 radical (unpaired) electrons. The van der Waals surface area contributed by atoms with E-state index in [2.05, 4.69) is 27.8 Å². The Labute approximate surface area is 168 Å². The van der Waals surface area contributed by atoms with E-state index in [9.17, 15) is 4.79 Å². The predicted octanol–water partition coefficient (Wildman–Crippen LogP) is 3.92. The van der Waals surface area contributed by atoms with Crippen molar-refractivity contribution < 1.29 is 9.53 Å². The maximum atomic E-state index is 12.2. The first-order valence-electron chi connectivity index (χ1n) is 9.21. The molecule has 0 saturated heterocycles. The lowest BCUT2D eigenvalue weighted by atomic mass is 10.1. The van der Waals surface area contributed by atoms with Gasteiger partial charge in [0.2, 0.25) is 0 Å². The van der Waals surface area contributed by atoms with Gasteiger partial charge in [0.25, 0.3) is 5.91 Å². The molecule has 0 fully saturated rings. The smallest absolute Gasteiger partial charge is 0.271 e. The van der Waals surface area contributed by atoms with Crippen LogP contribution in [-0.2, 0) is 13.7 Å². The number of ether oxygens (including phenoxy) is 1. The van der Waals surface area contributed by atoms with Crippen molar-refractivity contribution >= 4 is 22.9 Å². The molecule has 0 aliphatic carbocycles. The number of hydrogen-bond donors (Lipinski definition) is 1. The number of aryl methyl sites for hydroxylation is 1. The van der Waals surface area contributed by atoms with Crippen LogP contribution in [0.1, 0.15) is 21.6 Å². The Kier molecular flexibility index (Phi) is 5.33. The predicted molar refractivity (Wildman–Crippen MR) is 113 cm³/mol.